The van der Waals surface area contributed by atoms with Gasteiger partial charge < -0.3 is 16.0 Å². The van der Waals surface area contributed by atoms with Crippen LogP contribution in [0.4, 0.5) is 27.8 Å². The number of carbonyl (C=O) groups is 2. The first kappa shape index (κ1) is 24.9. The van der Waals surface area contributed by atoms with Crippen LogP contribution in [0.5, 0.6) is 0 Å². The summed E-state index contributed by atoms with van der Waals surface area (Å²) < 4.78 is 71.0. The molecule has 0 radical (unpaired) electrons. The van der Waals surface area contributed by atoms with Crippen LogP contribution in [0.1, 0.15) is 41.3 Å². The van der Waals surface area contributed by atoms with E-state index in [0.717, 1.165) is 21.8 Å². The number of carbonyl (C=O) groups excluding carboxylic acids is 2. The Labute approximate surface area is 207 Å². The lowest BCUT2D eigenvalue weighted by molar-refractivity contribution is -0.137. The van der Waals surface area contributed by atoms with Gasteiger partial charge in [-0.3, -0.25) is 9.59 Å². The number of alkyl halides is 5. The van der Waals surface area contributed by atoms with Crippen LogP contribution in [0.3, 0.4) is 0 Å². The Morgan fingerprint density at radius 2 is 1.95 bits per heavy atom. The molecule has 196 valence electrons. The third-order valence-electron chi connectivity index (χ3n) is 6.84. The first-order valence-corrected chi connectivity index (χ1v) is 11.7. The van der Waals surface area contributed by atoms with Crippen molar-refractivity contribution in [2.24, 2.45) is 0 Å². The fraction of sp³-hybridized carbons (Fsp3) is 0.417. The predicted molar refractivity (Wildman–Crippen MR) is 123 cm³/mol. The number of amides is 2. The molecule has 2 aliphatic rings. The van der Waals surface area contributed by atoms with Gasteiger partial charge in [0.2, 0.25) is 0 Å². The second-order valence-electron chi connectivity index (χ2n) is 9.34. The minimum absolute atomic E-state index is 0.0341. The van der Waals surface area contributed by atoms with Crippen molar-refractivity contribution in [2.45, 2.75) is 50.2 Å². The summed E-state index contributed by atoms with van der Waals surface area (Å²) in [5, 5.41) is 6.49. The highest BCUT2D eigenvalue weighted by molar-refractivity contribution is 5.97. The molecule has 1 saturated carbocycles. The second-order valence-corrected chi connectivity index (χ2v) is 9.34. The van der Waals surface area contributed by atoms with E-state index in [4.69, 9.17) is 5.73 Å². The van der Waals surface area contributed by atoms with Crippen LogP contribution in [-0.4, -0.2) is 62.3 Å². The zero-order valence-corrected chi connectivity index (χ0v) is 19.6. The van der Waals surface area contributed by atoms with Gasteiger partial charge in [-0.05, 0) is 37.0 Å². The fourth-order valence-corrected chi connectivity index (χ4v) is 4.66. The van der Waals surface area contributed by atoms with Crippen molar-refractivity contribution in [3.8, 4) is 11.3 Å². The molecular weight excluding hydrogens is 499 g/mol. The van der Waals surface area contributed by atoms with E-state index in [-0.39, 0.29) is 48.6 Å². The third kappa shape index (κ3) is 4.36. The summed E-state index contributed by atoms with van der Waals surface area (Å²) in [7, 11) is 0. The summed E-state index contributed by atoms with van der Waals surface area (Å²) in [5.41, 5.74) is 3.33. The van der Waals surface area contributed by atoms with Crippen molar-refractivity contribution in [2.75, 3.05) is 18.8 Å². The molecule has 0 bridgehead atoms. The van der Waals surface area contributed by atoms with Crippen molar-refractivity contribution in [3.63, 3.8) is 0 Å². The number of nitrogens with two attached hydrogens (primary N) is 1. The number of nitrogens with one attached hydrogen (secondary N) is 1. The Morgan fingerprint density at radius 1 is 1.22 bits per heavy atom. The van der Waals surface area contributed by atoms with Gasteiger partial charge >= 0.3 is 6.18 Å². The quantitative estimate of drug-likeness (QED) is 0.500. The summed E-state index contributed by atoms with van der Waals surface area (Å²) in [6.45, 7) is 1.29. The van der Waals surface area contributed by atoms with Gasteiger partial charge in [-0.25, -0.2) is 18.3 Å². The molecule has 3 N–H and O–H groups in total. The molecule has 2 aromatic heterocycles. The molecular formula is C24H23F5N6O2. The Kier molecular flexibility index (Phi) is 5.83. The second kappa shape index (κ2) is 8.67. The van der Waals surface area contributed by atoms with E-state index in [2.05, 4.69) is 15.4 Å². The van der Waals surface area contributed by atoms with Gasteiger partial charge in [0.25, 0.3) is 11.8 Å². The number of anilines is 1. The number of aromatic nitrogens is 3. The van der Waals surface area contributed by atoms with Crippen LogP contribution in [0.2, 0.25) is 0 Å². The van der Waals surface area contributed by atoms with Crippen LogP contribution in [0.25, 0.3) is 16.8 Å². The average Bonchev–Trinajstić information content (AvgIpc) is 3.31. The van der Waals surface area contributed by atoms with Gasteiger partial charge in [0, 0.05) is 17.7 Å². The van der Waals surface area contributed by atoms with E-state index in [1.54, 1.807) is 19.1 Å². The summed E-state index contributed by atoms with van der Waals surface area (Å²) in [6, 6.07) is 4.39. The number of fused-ring (bicyclic) bond motifs is 1. The average molecular weight is 522 g/mol. The van der Waals surface area contributed by atoms with Crippen molar-refractivity contribution in [1.29, 1.82) is 0 Å². The number of likely N-dealkylation sites (tertiary alicyclic amines) is 1. The lowest BCUT2D eigenvalue weighted by Gasteiger charge is -2.19. The summed E-state index contributed by atoms with van der Waals surface area (Å²) in [4.78, 5) is 30.2. The number of benzene rings is 1. The van der Waals surface area contributed by atoms with Crippen molar-refractivity contribution in [3.05, 3.63) is 47.3 Å². The molecule has 3 aromatic rings. The number of rotatable bonds is 5. The molecule has 1 aliphatic heterocycles. The van der Waals surface area contributed by atoms with Crippen LogP contribution >= 0.6 is 0 Å². The molecule has 1 saturated heterocycles. The molecule has 37 heavy (non-hydrogen) atoms. The zero-order chi connectivity index (χ0) is 26.7. The lowest BCUT2D eigenvalue weighted by Crippen LogP contribution is -2.43. The van der Waals surface area contributed by atoms with Gasteiger partial charge in [0.1, 0.15) is 18.0 Å². The summed E-state index contributed by atoms with van der Waals surface area (Å²) in [5.74, 6) is -1.79. The Hall–Kier alpha value is -3.77. The molecule has 1 aromatic carbocycles. The first-order chi connectivity index (χ1) is 17.4. The Balaban J connectivity index is 1.46. The third-order valence-corrected chi connectivity index (χ3v) is 6.84. The van der Waals surface area contributed by atoms with Crippen LogP contribution in [0, 0.1) is 0 Å². The molecule has 2 fully saturated rings. The zero-order valence-electron chi connectivity index (χ0n) is 19.6. The SMILES string of the molecule is CCc1ccc(-c2cc(C(F)(F)F)c3c(N)ncnn23)cc1C(=O)N[C@@H]1CN(C(=O)C2(F)CC2)C[C@@H]1F. The van der Waals surface area contributed by atoms with Gasteiger partial charge in [-0.2, -0.15) is 18.3 Å². The molecule has 5 rings (SSSR count). The number of halogens is 5. The maximum absolute atomic E-state index is 14.7. The first-order valence-electron chi connectivity index (χ1n) is 11.7. The van der Waals surface area contributed by atoms with Gasteiger partial charge in [0.15, 0.2) is 11.5 Å². The minimum atomic E-state index is -4.73. The molecule has 13 heteroatoms. The summed E-state index contributed by atoms with van der Waals surface area (Å²) >= 11 is 0. The number of aryl methyl sites for hydroxylation is 1. The monoisotopic (exact) mass is 522 g/mol. The van der Waals surface area contributed by atoms with E-state index in [9.17, 15) is 31.5 Å². The molecule has 1 aliphatic carbocycles. The number of nitrogen functional groups attached to an aromatic ring is 1. The van der Waals surface area contributed by atoms with E-state index in [1.807, 2.05) is 0 Å². The van der Waals surface area contributed by atoms with E-state index in [1.165, 1.54) is 6.07 Å². The highest BCUT2D eigenvalue weighted by Crippen LogP contribution is 2.42. The fourth-order valence-electron chi connectivity index (χ4n) is 4.66. The maximum atomic E-state index is 14.7. The van der Waals surface area contributed by atoms with Crippen LogP contribution in [0.15, 0.2) is 30.6 Å². The molecule has 8 nitrogen and oxygen atoms in total. The lowest BCUT2D eigenvalue weighted by atomic mass is 9.99. The van der Waals surface area contributed by atoms with Crippen molar-refractivity contribution >= 4 is 23.1 Å². The highest BCUT2D eigenvalue weighted by atomic mass is 19.4. The number of hydrogen-bond acceptors (Lipinski definition) is 5. The normalized spacial score (nSPS) is 20.9. The topological polar surface area (TPSA) is 106 Å². The van der Waals surface area contributed by atoms with Crippen molar-refractivity contribution in [1.82, 2.24) is 24.8 Å². The largest absolute Gasteiger partial charge is 0.418 e. The molecule has 0 unspecified atom stereocenters. The minimum Gasteiger partial charge on any atom is -0.382 e. The van der Waals surface area contributed by atoms with Crippen molar-refractivity contribution < 1.29 is 31.5 Å². The Bertz CT molecular complexity index is 1400. The van der Waals surface area contributed by atoms with Crippen LogP contribution < -0.4 is 11.1 Å². The van der Waals surface area contributed by atoms with E-state index in [0.29, 0.717) is 12.0 Å². The molecule has 0 spiro atoms. The molecule has 2 atom stereocenters. The number of hydrogen-bond donors (Lipinski definition) is 2. The highest BCUT2D eigenvalue weighted by Gasteiger charge is 2.54. The van der Waals surface area contributed by atoms with Gasteiger partial charge in [-0.1, -0.05) is 19.1 Å². The Morgan fingerprint density at radius 3 is 2.59 bits per heavy atom. The number of nitrogens with zero attached hydrogens (tertiary/aromatic N) is 4. The maximum Gasteiger partial charge on any atom is 0.418 e. The van der Waals surface area contributed by atoms with E-state index < -0.39 is 47.0 Å². The smallest absolute Gasteiger partial charge is 0.382 e. The van der Waals surface area contributed by atoms with Crippen LogP contribution in [-0.2, 0) is 17.4 Å². The molecule has 3 heterocycles. The van der Waals surface area contributed by atoms with E-state index >= 15 is 0 Å². The molecule has 2 amide bonds. The predicted octanol–water partition coefficient (Wildman–Crippen LogP) is 3.34. The van der Waals surface area contributed by atoms with Gasteiger partial charge in [-0.15, -0.1) is 0 Å². The standard InChI is InChI=1S/C24H23F5N6O2/c1-2-12-3-4-13(18-8-15(24(27,28)29)19-20(30)31-11-32-35(18)19)7-14(12)21(36)33-17-10-34(9-16(17)25)22(37)23(26)5-6-23/h3-4,7-8,11,16-17H,2,5-6,9-10H2,1H3,(H,33,36)(H2,30,31,32)/t16-,17+/m0/s1. The van der Waals surface area contributed by atoms with Gasteiger partial charge in [0.05, 0.1) is 23.8 Å². The summed E-state index contributed by atoms with van der Waals surface area (Å²) in [6.07, 6.45) is -4.68.